The third kappa shape index (κ3) is 13.7. The molecule has 0 saturated heterocycles. The second-order valence-corrected chi connectivity index (χ2v) is 30.7. The van der Waals surface area contributed by atoms with Crippen molar-refractivity contribution in [3.05, 3.63) is 387 Å². The van der Waals surface area contributed by atoms with E-state index in [9.17, 15) is 0 Å². The molecular weight excluding hydrogens is 1880 g/mol. The average Bonchev–Trinajstić information content (AvgIpc) is 1.54. The molecule has 0 spiro atoms. The zero-order valence-corrected chi connectivity index (χ0v) is 70.6. The van der Waals surface area contributed by atoms with Crippen molar-refractivity contribution in [3.8, 4) is 102 Å². The second kappa shape index (κ2) is 32.5. The number of fused-ring (bicyclic) bond motifs is 10. The predicted octanol–water partition coefficient (Wildman–Crippen LogP) is 25.3. The zero-order valence-electron chi connectivity index (χ0n) is 74.5. The summed E-state index contributed by atoms with van der Waals surface area (Å²) < 4.78 is 114. The van der Waals surface area contributed by atoms with Gasteiger partial charge in [0.05, 0.1) is 85.9 Å². The molecule has 0 radical (unpaired) electrons. The van der Waals surface area contributed by atoms with E-state index in [0.717, 1.165) is 104 Å². The van der Waals surface area contributed by atoms with Gasteiger partial charge in [0, 0.05) is 107 Å². The van der Waals surface area contributed by atoms with Crippen LogP contribution < -0.4 is 18.6 Å². The topological polar surface area (TPSA) is 97.5 Å². The summed E-state index contributed by atoms with van der Waals surface area (Å²) in [5, 5.41) is 9.10. The van der Waals surface area contributed by atoms with Crippen LogP contribution in [0.3, 0.4) is 0 Å². The summed E-state index contributed by atoms with van der Waals surface area (Å²) in [7, 11) is 0. The minimum absolute atomic E-state index is 0. The summed E-state index contributed by atoms with van der Waals surface area (Å²) in [6.45, 7) is 8.65. The van der Waals surface area contributed by atoms with Crippen molar-refractivity contribution < 1.29 is 74.4 Å². The van der Waals surface area contributed by atoms with Crippen LogP contribution in [-0.4, -0.2) is 38.2 Å². The number of hydrogen-bond acceptors (Lipinski definition) is 8. The van der Waals surface area contributed by atoms with Crippen molar-refractivity contribution in [2.75, 3.05) is 0 Å². The van der Waals surface area contributed by atoms with Gasteiger partial charge in [0.2, 0.25) is 0 Å². The quantitative estimate of drug-likeness (QED) is 0.0706. The standard InChI is InChI=1S/C58H38N6OS.C46H32N4OS.2Pt/c1-37(2)46-34-66-58-55(59-35-60-56(46)58)38-16-13-18-40(32-38)65-41-19-14-17-39(33-41)61-36-62(52-29-12-11-28-51(52)61)57-53(63-47-24-7-3-20-42(47)43-21-4-8-25-48(43)63)30-15-31-54(57)64-49-26-9-5-22-44(49)45-23-6-10-27-50(45)64;1-31(2)40-28-52-46-43(47-29-48-44(40)46)34-18-11-20-36(26-34)51-37-21-12-19-35(27-37)49-30-50(42-25-10-9-24-41(42)49)45-38(32-14-5-3-6-15-32)22-13-23-39(45)33-16-7-4-8-17-33;;/h3-31,34-35,37H,1-2H3;3-25,28-29,31H,1-2H3;;/q2*-2;;/i;3D,4D,5D,6D,7D,8D,14D,15D,16D,17D;;. The number of rotatable bonds is 16. The third-order valence-electron chi connectivity index (χ3n) is 21.3. The summed E-state index contributed by atoms with van der Waals surface area (Å²) >= 11 is 3.27. The van der Waals surface area contributed by atoms with Crippen LogP contribution in [0.25, 0.3) is 165 Å². The Morgan fingerprint density at radius 1 is 0.358 bits per heavy atom. The van der Waals surface area contributed by atoms with E-state index in [0.29, 0.717) is 51.6 Å². The van der Waals surface area contributed by atoms with Crippen molar-refractivity contribution in [3.63, 3.8) is 0 Å². The van der Waals surface area contributed by atoms with E-state index in [1.165, 1.54) is 27.1 Å². The largest absolute Gasteiger partial charge is 0.503 e. The molecule has 0 fully saturated rings. The van der Waals surface area contributed by atoms with Gasteiger partial charge in [-0.05, 0) is 104 Å². The number of benzene rings is 14. The van der Waals surface area contributed by atoms with Gasteiger partial charge in [-0.2, -0.15) is 24.3 Å². The van der Waals surface area contributed by atoms with Crippen molar-refractivity contribution in [1.82, 2.24) is 38.2 Å². The molecule has 0 aliphatic heterocycles. The summed E-state index contributed by atoms with van der Waals surface area (Å²) in [6.07, 6.45) is 10.4. The molecule has 0 aliphatic rings. The zero-order chi connectivity index (χ0) is 87.6. The van der Waals surface area contributed by atoms with Crippen LogP contribution in [0, 0.1) is 36.9 Å². The van der Waals surface area contributed by atoms with Crippen LogP contribution >= 0.6 is 22.7 Å². The molecule has 8 heterocycles. The fourth-order valence-electron chi connectivity index (χ4n) is 16.0. The summed E-state index contributed by atoms with van der Waals surface area (Å²) in [5.74, 6) is 2.58. The molecule has 8 aromatic heterocycles. The van der Waals surface area contributed by atoms with Crippen molar-refractivity contribution in [2.24, 2.45) is 0 Å². The van der Waals surface area contributed by atoms with Gasteiger partial charge in [-0.1, -0.05) is 246 Å². The normalized spacial score (nSPS) is 12.7. The van der Waals surface area contributed by atoms with Crippen LogP contribution in [0.4, 0.5) is 0 Å². The Kier molecular flexibility index (Phi) is 17.8. The molecule has 0 N–H and O–H groups in total. The van der Waals surface area contributed by atoms with Gasteiger partial charge in [-0.25, -0.2) is 9.97 Å². The van der Waals surface area contributed by atoms with E-state index < -0.39 is 60.4 Å². The van der Waals surface area contributed by atoms with Crippen molar-refractivity contribution in [2.45, 2.75) is 39.5 Å². The number of thiophene rings is 2. The van der Waals surface area contributed by atoms with Crippen molar-refractivity contribution >= 4 is 109 Å². The molecule has 0 atom stereocenters. The van der Waals surface area contributed by atoms with Crippen LogP contribution in [0.5, 0.6) is 23.0 Å². The first-order valence-electron chi connectivity index (χ1n) is 43.5. The van der Waals surface area contributed by atoms with Gasteiger partial charge in [-0.15, -0.1) is 94.5 Å². The predicted molar refractivity (Wildman–Crippen MR) is 476 cm³/mol. The maximum absolute atomic E-state index is 8.94. The summed E-state index contributed by atoms with van der Waals surface area (Å²) in [5.41, 5.74) is 19.6. The fourth-order valence-corrected chi connectivity index (χ4v) is 18.3. The Morgan fingerprint density at radius 2 is 0.708 bits per heavy atom. The summed E-state index contributed by atoms with van der Waals surface area (Å²) in [6, 6.07) is 93.2. The van der Waals surface area contributed by atoms with E-state index in [1.54, 1.807) is 99.1 Å². The average molecular weight is 1960 g/mol. The molecule has 0 amide bonds. The van der Waals surface area contributed by atoms with E-state index in [2.05, 4.69) is 248 Å². The minimum Gasteiger partial charge on any atom is -0.503 e. The number of nitrogens with zero attached hydrogens (tertiary/aromatic N) is 10. The Labute approximate surface area is 744 Å². The summed E-state index contributed by atoms with van der Waals surface area (Å²) in [4.78, 5) is 18.5. The Bertz CT molecular complexity index is 7930. The SMILES string of the molecule is CC(C)c1csc2c(-c3[c-]c(Oc4[c-]c(-n5[c-][n+](-c6c(-n7c8ccccc8c8ccccc87)cccc6-n6c7ccccc7c7ccccc76)c6ccccc65)ccc4)ccc3)ncnc12.[2H]c1c([2H])c([2H])c(-c2cccc(-c3c([2H])c([2H])c([2H])c([2H])c3[2H])c2-[n+]2[c-]n(-c3[c-]c(Oc4[c-]c(-c5ncnc6c(C(C)C)csc56)ccc4)ccc3)c3ccccc32)c([2H])c1[2H].[Pt].[Pt]. The smallest absolute Gasteiger partial charge is 0.268 e. The van der Waals surface area contributed by atoms with Gasteiger partial charge >= 0.3 is 0 Å². The van der Waals surface area contributed by atoms with E-state index in [4.69, 9.17) is 28.2 Å². The molecule has 22 rings (SSSR count). The molecule has 12 nitrogen and oxygen atoms in total. The Balaban J connectivity index is 0.000000166. The molecule has 120 heavy (non-hydrogen) atoms. The second-order valence-electron chi connectivity index (χ2n) is 29.0. The number of para-hydroxylation sites is 10. The van der Waals surface area contributed by atoms with Crippen LogP contribution in [0.2, 0.25) is 0 Å². The number of ether oxygens (including phenoxy) is 2. The minimum atomic E-state index is -0.570. The maximum Gasteiger partial charge on any atom is 0.268 e. The van der Waals surface area contributed by atoms with Crippen LogP contribution in [0.1, 0.15) is 64.4 Å². The molecule has 14 aromatic carbocycles. The molecule has 0 saturated carbocycles. The molecule has 0 bridgehead atoms. The van der Waals surface area contributed by atoms with Gasteiger partial charge in [0.1, 0.15) is 18.3 Å². The van der Waals surface area contributed by atoms with Gasteiger partial charge in [0.15, 0.2) is 0 Å². The Hall–Kier alpha value is -13.3. The third-order valence-corrected chi connectivity index (χ3v) is 23.3. The molecule has 16 heteroatoms. The van der Waals surface area contributed by atoms with Crippen LogP contribution in [-0.2, 0) is 42.1 Å². The monoisotopic (exact) mass is 1950 g/mol. The number of hydrogen-bond donors (Lipinski definition) is 0. The first-order chi connectivity index (χ1) is 62.3. The van der Waals surface area contributed by atoms with E-state index >= 15 is 0 Å². The molecule has 0 unspecified atom stereocenters. The van der Waals surface area contributed by atoms with Crippen LogP contribution in [0.15, 0.2) is 339 Å². The van der Waals surface area contributed by atoms with E-state index in [1.807, 2.05) is 60.7 Å². The number of aromatic nitrogens is 10. The molecule has 584 valence electrons. The van der Waals surface area contributed by atoms with Gasteiger partial charge in [-0.3, -0.25) is 19.1 Å². The van der Waals surface area contributed by atoms with Crippen molar-refractivity contribution in [1.29, 1.82) is 0 Å². The van der Waals surface area contributed by atoms with Gasteiger partial charge in [0.25, 0.3) is 12.7 Å². The first-order valence-corrected chi connectivity index (χ1v) is 40.3. The Morgan fingerprint density at radius 3 is 1.12 bits per heavy atom. The molecule has 22 aromatic rings. The molecule has 0 aliphatic carbocycles. The molecular formula is C104H70N10O2Pt2S2-4. The fraction of sp³-hybridized carbons (Fsp3) is 0.0577. The first kappa shape index (κ1) is 65.7. The number of imidazole rings is 2. The van der Waals surface area contributed by atoms with Gasteiger partial charge < -0.3 is 27.7 Å². The maximum atomic E-state index is 8.94. The van der Waals surface area contributed by atoms with E-state index in [-0.39, 0.29) is 70.1 Å².